The van der Waals surface area contributed by atoms with Crippen molar-refractivity contribution in [1.82, 2.24) is 9.88 Å². The van der Waals surface area contributed by atoms with E-state index < -0.39 is 0 Å². The zero-order valence-corrected chi connectivity index (χ0v) is 11.9. The van der Waals surface area contributed by atoms with E-state index in [4.69, 9.17) is 0 Å². The Bertz CT molecular complexity index is 653. The molecule has 3 rings (SSSR count). The van der Waals surface area contributed by atoms with Crippen molar-refractivity contribution in [2.75, 3.05) is 0 Å². The minimum absolute atomic E-state index is 0.104. The number of pyridine rings is 1. The quantitative estimate of drug-likeness (QED) is 0.862. The standard InChI is InChI=1S/C17H17FN2O/c1-12-2-3-14(10-16(12)18)17(21)20(15-4-5-15)11-13-6-8-19-9-7-13/h2-3,6-10,15H,4-5,11H2,1H3. The van der Waals surface area contributed by atoms with Crippen molar-refractivity contribution in [1.29, 1.82) is 0 Å². The molecule has 1 fully saturated rings. The fourth-order valence-electron chi connectivity index (χ4n) is 2.33. The van der Waals surface area contributed by atoms with Crippen LogP contribution in [0.25, 0.3) is 0 Å². The van der Waals surface area contributed by atoms with Crippen LogP contribution in [0.3, 0.4) is 0 Å². The second kappa shape index (κ2) is 5.64. The highest BCUT2D eigenvalue weighted by Crippen LogP contribution is 2.30. The molecule has 1 aromatic carbocycles. The van der Waals surface area contributed by atoms with Crippen LogP contribution in [0.1, 0.15) is 34.3 Å². The number of hydrogen-bond donors (Lipinski definition) is 0. The maximum Gasteiger partial charge on any atom is 0.254 e. The Balaban J connectivity index is 1.83. The lowest BCUT2D eigenvalue weighted by molar-refractivity contribution is 0.0729. The average molecular weight is 284 g/mol. The molecule has 3 nitrogen and oxygen atoms in total. The van der Waals surface area contributed by atoms with E-state index >= 15 is 0 Å². The molecule has 1 aliphatic carbocycles. The highest BCUT2D eigenvalue weighted by atomic mass is 19.1. The summed E-state index contributed by atoms with van der Waals surface area (Å²) in [6.45, 7) is 2.24. The van der Waals surface area contributed by atoms with E-state index in [-0.39, 0.29) is 17.8 Å². The summed E-state index contributed by atoms with van der Waals surface area (Å²) in [7, 11) is 0. The zero-order chi connectivity index (χ0) is 14.8. The molecule has 0 bridgehead atoms. The summed E-state index contributed by atoms with van der Waals surface area (Å²) in [5.74, 6) is -0.436. The zero-order valence-electron chi connectivity index (χ0n) is 11.9. The van der Waals surface area contributed by atoms with Gasteiger partial charge in [-0.05, 0) is 55.2 Å². The van der Waals surface area contributed by atoms with Gasteiger partial charge in [0.2, 0.25) is 0 Å². The van der Waals surface area contributed by atoms with Gasteiger partial charge >= 0.3 is 0 Å². The number of benzene rings is 1. The van der Waals surface area contributed by atoms with E-state index in [1.165, 1.54) is 6.07 Å². The molecule has 0 N–H and O–H groups in total. The first-order valence-corrected chi connectivity index (χ1v) is 7.11. The summed E-state index contributed by atoms with van der Waals surface area (Å²) in [6.07, 6.45) is 5.48. The Labute approximate surface area is 123 Å². The van der Waals surface area contributed by atoms with Crippen LogP contribution in [-0.4, -0.2) is 21.8 Å². The number of nitrogens with zero attached hydrogens (tertiary/aromatic N) is 2. The van der Waals surface area contributed by atoms with Crippen molar-refractivity contribution in [2.45, 2.75) is 32.4 Å². The molecule has 0 radical (unpaired) electrons. The van der Waals surface area contributed by atoms with Gasteiger partial charge in [-0.3, -0.25) is 9.78 Å². The van der Waals surface area contributed by atoms with Gasteiger partial charge in [0.25, 0.3) is 5.91 Å². The number of hydrogen-bond acceptors (Lipinski definition) is 2. The molecule has 1 aromatic heterocycles. The smallest absolute Gasteiger partial charge is 0.254 e. The third kappa shape index (κ3) is 3.10. The second-order valence-corrected chi connectivity index (χ2v) is 5.48. The van der Waals surface area contributed by atoms with E-state index in [1.807, 2.05) is 17.0 Å². The van der Waals surface area contributed by atoms with Crippen LogP contribution in [0.2, 0.25) is 0 Å². The molecule has 0 saturated heterocycles. The van der Waals surface area contributed by atoms with E-state index in [0.717, 1.165) is 18.4 Å². The molecular weight excluding hydrogens is 267 g/mol. The van der Waals surface area contributed by atoms with E-state index in [9.17, 15) is 9.18 Å². The van der Waals surface area contributed by atoms with Crippen LogP contribution >= 0.6 is 0 Å². The lowest BCUT2D eigenvalue weighted by Gasteiger charge is -2.22. The van der Waals surface area contributed by atoms with E-state index in [0.29, 0.717) is 17.7 Å². The molecule has 108 valence electrons. The normalized spacial score (nSPS) is 14.0. The number of rotatable bonds is 4. The fourth-order valence-corrected chi connectivity index (χ4v) is 2.33. The monoisotopic (exact) mass is 284 g/mol. The molecule has 1 heterocycles. The van der Waals surface area contributed by atoms with Crippen molar-refractivity contribution < 1.29 is 9.18 Å². The van der Waals surface area contributed by atoms with E-state index in [2.05, 4.69) is 4.98 Å². The number of carbonyl (C=O) groups excluding carboxylic acids is 1. The van der Waals surface area contributed by atoms with Gasteiger partial charge < -0.3 is 4.90 Å². The lowest BCUT2D eigenvalue weighted by atomic mass is 10.1. The predicted molar refractivity (Wildman–Crippen MR) is 78.3 cm³/mol. The van der Waals surface area contributed by atoms with Crippen LogP contribution < -0.4 is 0 Å². The highest BCUT2D eigenvalue weighted by Gasteiger charge is 2.33. The number of amides is 1. The van der Waals surface area contributed by atoms with Crippen LogP contribution in [-0.2, 0) is 6.54 Å². The van der Waals surface area contributed by atoms with Gasteiger partial charge in [-0.1, -0.05) is 6.07 Å². The summed E-state index contributed by atoms with van der Waals surface area (Å²) in [6, 6.07) is 8.76. The van der Waals surface area contributed by atoms with Crippen molar-refractivity contribution in [3.8, 4) is 0 Å². The summed E-state index contributed by atoms with van der Waals surface area (Å²) < 4.78 is 13.7. The number of carbonyl (C=O) groups is 1. The topological polar surface area (TPSA) is 33.2 Å². The minimum Gasteiger partial charge on any atom is -0.331 e. The molecule has 0 unspecified atom stereocenters. The maximum atomic E-state index is 13.7. The Morgan fingerprint density at radius 3 is 2.62 bits per heavy atom. The summed E-state index contributed by atoms with van der Waals surface area (Å²) >= 11 is 0. The average Bonchev–Trinajstić information content (AvgIpc) is 3.33. The molecular formula is C17H17FN2O. The largest absolute Gasteiger partial charge is 0.331 e. The fraction of sp³-hybridized carbons (Fsp3) is 0.294. The molecule has 21 heavy (non-hydrogen) atoms. The number of aromatic nitrogens is 1. The third-order valence-corrected chi connectivity index (χ3v) is 3.77. The van der Waals surface area contributed by atoms with Crippen LogP contribution in [0.15, 0.2) is 42.7 Å². The predicted octanol–water partition coefficient (Wildman–Crippen LogP) is 3.33. The van der Waals surface area contributed by atoms with Gasteiger partial charge in [0.15, 0.2) is 0 Å². The molecule has 2 aromatic rings. The van der Waals surface area contributed by atoms with Crippen LogP contribution in [0.5, 0.6) is 0 Å². The first kappa shape index (κ1) is 13.7. The van der Waals surface area contributed by atoms with Crippen molar-refractivity contribution in [2.24, 2.45) is 0 Å². The Morgan fingerprint density at radius 1 is 1.29 bits per heavy atom. The van der Waals surface area contributed by atoms with Gasteiger partial charge in [0.05, 0.1) is 0 Å². The Kier molecular flexibility index (Phi) is 3.69. The molecule has 1 amide bonds. The highest BCUT2D eigenvalue weighted by molar-refractivity contribution is 5.94. The van der Waals surface area contributed by atoms with Crippen LogP contribution in [0, 0.1) is 12.7 Å². The SMILES string of the molecule is Cc1ccc(C(=O)N(Cc2ccncc2)C2CC2)cc1F. The minimum atomic E-state index is -0.333. The van der Waals surface area contributed by atoms with Crippen molar-refractivity contribution >= 4 is 5.91 Å². The van der Waals surface area contributed by atoms with E-state index in [1.54, 1.807) is 31.5 Å². The molecule has 0 atom stereocenters. The first-order valence-electron chi connectivity index (χ1n) is 7.11. The van der Waals surface area contributed by atoms with Crippen LogP contribution in [0.4, 0.5) is 4.39 Å². The second-order valence-electron chi connectivity index (χ2n) is 5.48. The molecule has 1 aliphatic rings. The summed E-state index contributed by atoms with van der Waals surface area (Å²) in [4.78, 5) is 18.5. The maximum absolute atomic E-state index is 13.7. The molecule has 0 aliphatic heterocycles. The van der Waals surface area contributed by atoms with Gasteiger partial charge in [-0.15, -0.1) is 0 Å². The Hall–Kier alpha value is -2.23. The van der Waals surface area contributed by atoms with Gasteiger partial charge in [-0.2, -0.15) is 0 Å². The summed E-state index contributed by atoms with van der Waals surface area (Å²) in [5.41, 5.74) is 2.01. The summed E-state index contributed by atoms with van der Waals surface area (Å²) in [5, 5.41) is 0. The Morgan fingerprint density at radius 2 is 2.00 bits per heavy atom. The van der Waals surface area contributed by atoms with Gasteiger partial charge in [0, 0.05) is 30.5 Å². The molecule has 4 heteroatoms. The van der Waals surface area contributed by atoms with Crippen molar-refractivity contribution in [3.05, 3.63) is 65.2 Å². The first-order chi connectivity index (χ1) is 10.1. The number of halogens is 1. The molecule has 0 spiro atoms. The molecule has 1 saturated carbocycles. The van der Waals surface area contributed by atoms with Gasteiger partial charge in [-0.25, -0.2) is 4.39 Å². The third-order valence-electron chi connectivity index (χ3n) is 3.77. The van der Waals surface area contributed by atoms with Crippen molar-refractivity contribution in [3.63, 3.8) is 0 Å². The lowest BCUT2D eigenvalue weighted by Crippen LogP contribution is -2.32. The number of aryl methyl sites for hydroxylation is 1. The van der Waals surface area contributed by atoms with Gasteiger partial charge in [0.1, 0.15) is 5.82 Å².